The van der Waals surface area contributed by atoms with Crippen LogP contribution >= 0.6 is 11.3 Å². The molecule has 0 N–H and O–H groups in total. The largest absolute Gasteiger partial charge is 0.471 e. The van der Waals surface area contributed by atoms with Crippen LogP contribution in [0, 0.1) is 0 Å². The van der Waals surface area contributed by atoms with Crippen molar-refractivity contribution in [2.24, 2.45) is 0 Å². The number of carbonyl (C=O) groups is 1. The molecule has 2 rings (SSSR count). The Morgan fingerprint density at radius 2 is 2.25 bits per heavy atom. The molecule has 1 aliphatic rings. The summed E-state index contributed by atoms with van der Waals surface area (Å²) >= 11 is 1.53. The van der Waals surface area contributed by atoms with Gasteiger partial charge in [0.1, 0.15) is 0 Å². The van der Waals surface area contributed by atoms with Gasteiger partial charge in [0.2, 0.25) is 0 Å². The molecule has 16 heavy (non-hydrogen) atoms. The van der Waals surface area contributed by atoms with E-state index in [0.717, 1.165) is 15.3 Å². The van der Waals surface area contributed by atoms with Crippen molar-refractivity contribution in [3.05, 3.63) is 21.9 Å². The van der Waals surface area contributed by atoms with Crippen LogP contribution in [0.5, 0.6) is 0 Å². The average Bonchev–Trinajstić information content (AvgIpc) is 2.64. The van der Waals surface area contributed by atoms with Crippen LogP contribution in [-0.4, -0.2) is 23.5 Å². The summed E-state index contributed by atoms with van der Waals surface area (Å²) in [4.78, 5) is 13.1. The van der Waals surface area contributed by atoms with Crippen LogP contribution in [0.15, 0.2) is 11.4 Å². The zero-order chi connectivity index (χ0) is 11.9. The van der Waals surface area contributed by atoms with Crippen LogP contribution in [0.1, 0.15) is 23.4 Å². The molecule has 1 amide bonds. The molecular formula is C10H10F3NOS. The lowest BCUT2D eigenvalue weighted by Crippen LogP contribution is -2.45. The molecule has 1 atom stereocenters. The first kappa shape index (κ1) is 11.4. The van der Waals surface area contributed by atoms with Crippen molar-refractivity contribution in [3.63, 3.8) is 0 Å². The Morgan fingerprint density at radius 3 is 2.88 bits per heavy atom. The predicted octanol–water partition coefficient (Wildman–Crippen LogP) is 2.76. The first-order valence-corrected chi connectivity index (χ1v) is 5.73. The standard InChI is InChI=1S/C10H10F3NOS/c1-6-7-3-5-16-8(7)2-4-14(6)9(15)10(11,12)13/h3,5-6H,2,4H2,1H3. The smallest absolute Gasteiger partial charge is 0.328 e. The summed E-state index contributed by atoms with van der Waals surface area (Å²) in [6.07, 6.45) is -4.26. The lowest BCUT2D eigenvalue weighted by molar-refractivity contribution is -0.188. The topological polar surface area (TPSA) is 20.3 Å². The summed E-state index contributed by atoms with van der Waals surface area (Å²) in [5, 5.41) is 1.85. The molecule has 2 heterocycles. The van der Waals surface area contributed by atoms with Crippen LogP contribution in [0.2, 0.25) is 0 Å². The number of halogens is 3. The third kappa shape index (κ3) is 1.81. The fourth-order valence-corrected chi connectivity index (χ4v) is 2.91. The Labute approximate surface area is 94.7 Å². The molecule has 0 bridgehead atoms. The monoisotopic (exact) mass is 249 g/mol. The van der Waals surface area contributed by atoms with Crippen LogP contribution in [-0.2, 0) is 11.2 Å². The lowest BCUT2D eigenvalue weighted by Gasteiger charge is -2.33. The maximum atomic E-state index is 12.3. The summed E-state index contributed by atoms with van der Waals surface area (Å²) in [5.41, 5.74) is 0.842. The van der Waals surface area contributed by atoms with Gasteiger partial charge in [0.15, 0.2) is 0 Å². The highest BCUT2D eigenvalue weighted by atomic mass is 32.1. The van der Waals surface area contributed by atoms with Crippen LogP contribution < -0.4 is 0 Å². The van der Waals surface area contributed by atoms with Crippen molar-refractivity contribution in [3.8, 4) is 0 Å². The van der Waals surface area contributed by atoms with E-state index in [1.165, 1.54) is 11.3 Å². The number of thiophene rings is 1. The Bertz CT molecular complexity index is 412. The molecule has 0 saturated carbocycles. The first-order chi connectivity index (χ1) is 7.41. The van der Waals surface area contributed by atoms with Gasteiger partial charge in [-0.3, -0.25) is 4.79 Å². The van der Waals surface area contributed by atoms with Gasteiger partial charge in [0, 0.05) is 11.4 Å². The molecule has 1 aromatic heterocycles. The molecule has 1 aliphatic heterocycles. The molecule has 1 aromatic rings. The minimum absolute atomic E-state index is 0.146. The van der Waals surface area contributed by atoms with E-state index in [2.05, 4.69) is 0 Å². The van der Waals surface area contributed by atoms with Crippen molar-refractivity contribution in [2.45, 2.75) is 25.6 Å². The number of fused-ring (bicyclic) bond motifs is 1. The van der Waals surface area contributed by atoms with Crippen LogP contribution in [0.4, 0.5) is 13.2 Å². The first-order valence-electron chi connectivity index (χ1n) is 4.85. The van der Waals surface area contributed by atoms with Gasteiger partial charge in [0.25, 0.3) is 0 Å². The van der Waals surface area contributed by atoms with E-state index in [4.69, 9.17) is 0 Å². The zero-order valence-corrected chi connectivity index (χ0v) is 9.36. The van der Waals surface area contributed by atoms with Crippen LogP contribution in [0.3, 0.4) is 0 Å². The van der Waals surface area contributed by atoms with E-state index in [0.29, 0.717) is 6.42 Å². The van der Waals surface area contributed by atoms with Gasteiger partial charge in [-0.15, -0.1) is 11.3 Å². The van der Waals surface area contributed by atoms with Gasteiger partial charge in [-0.25, -0.2) is 0 Å². The van der Waals surface area contributed by atoms with Crippen molar-refractivity contribution in [1.29, 1.82) is 0 Å². The summed E-state index contributed by atoms with van der Waals surface area (Å²) in [5.74, 6) is -1.74. The number of carbonyl (C=O) groups excluding carboxylic acids is 1. The highest BCUT2D eigenvalue weighted by Crippen LogP contribution is 2.35. The van der Waals surface area contributed by atoms with Crippen LogP contribution in [0.25, 0.3) is 0 Å². The molecule has 0 spiro atoms. The molecule has 88 valence electrons. The quantitative estimate of drug-likeness (QED) is 0.692. The highest BCUT2D eigenvalue weighted by Gasteiger charge is 2.45. The highest BCUT2D eigenvalue weighted by molar-refractivity contribution is 7.10. The lowest BCUT2D eigenvalue weighted by atomic mass is 10.0. The number of nitrogens with zero attached hydrogens (tertiary/aromatic N) is 1. The zero-order valence-electron chi connectivity index (χ0n) is 8.54. The van der Waals surface area contributed by atoms with E-state index in [1.54, 1.807) is 13.0 Å². The maximum absolute atomic E-state index is 12.3. The number of hydrogen-bond acceptors (Lipinski definition) is 2. The fraction of sp³-hybridized carbons (Fsp3) is 0.500. The Kier molecular flexibility index (Phi) is 2.69. The summed E-state index contributed by atoms with van der Waals surface area (Å²) < 4.78 is 37.0. The van der Waals surface area contributed by atoms with E-state index >= 15 is 0 Å². The fourth-order valence-electron chi connectivity index (χ4n) is 1.95. The normalized spacial score (nSPS) is 20.8. The second-order valence-corrected chi connectivity index (χ2v) is 4.72. The molecule has 0 aliphatic carbocycles. The van der Waals surface area contributed by atoms with Gasteiger partial charge >= 0.3 is 12.1 Å². The summed E-state index contributed by atoms with van der Waals surface area (Å²) in [7, 11) is 0. The molecule has 0 aromatic carbocycles. The maximum Gasteiger partial charge on any atom is 0.471 e. The third-order valence-electron chi connectivity index (χ3n) is 2.78. The second kappa shape index (κ2) is 3.76. The average molecular weight is 249 g/mol. The molecular weight excluding hydrogens is 239 g/mol. The molecule has 0 fully saturated rings. The van der Waals surface area contributed by atoms with Crippen molar-refractivity contribution in [2.75, 3.05) is 6.54 Å². The second-order valence-electron chi connectivity index (χ2n) is 3.72. The molecule has 0 radical (unpaired) electrons. The van der Waals surface area contributed by atoms with E-state index < -0.39 is 18.1 Å². The Balaban J connectivity index is 2.25. The van der Waals surface area contributed by atoms with E-state index in [-0.39, 0.29) is 6.54 Å². The third-order valence-corrected chi connectivity index (χ3v) is 3.78. The molecule has 1 unspecified atom stereocenters. The van der Waals surface area contributed by atoms with Gasteiger partial charge in [-0.1, -0.05) is 0 Å². The van der Waals surface area contributed by atoms with Crippen molar-refractivity contribution in [1.82, 2.24) is 4.90 Å². The van der Waals surface area contributed by atoms with Crippen molar-refractivity contribution < 1.29 is 18.0 Å². The van der Waals surface area contributed by atoms with E-state index in [9.17, 15) is 18.0 Å². The number of amides is 1. The molecule has 2 nitrogen and oxygen atoms in total. The minimum atomic E-state index is -4.78. The minimum Gasteiger partial charge on any atom is -0.328 e. The number of rotatable bonds is 0. The van der Waals surface area contributed by atoms with E-state index in [1.807, 2.05) is 5.38 Å². The van der Waals surface area contributed by atoms with Crippen molar-refractivity contribution >= 4 is 17.2 Å². The number of hydrogen-bond donors (Lipinski definition) is 0. The number of alkyl halides is 3. The molecule has 6 heteroatoms. The molecule has 0 saturated heterocycles. The Hall–Kier alpha value is -1.04. The van der Waals surface area contributed by atoms with Gasteiger partial charge in [0.05, 0.1) is 6.04 Å². The van der Waals surface area contributed by atoms with Gasteiger partial charge < -0.3 is 4.90 Å². The SMILES string of the molecule is CC1c2ccsc2CCN1C(=O)C(F)(F)F. The predicted molar refractivity (Wildman–Crippen MR) is 54.2 cm³/mol. The summed E-state index contributed by atoms with van der Waals surface area (Å²) in [6.45, 7) is 1.78. The Morgan fingerprint density at radius 1 is 1.56 bits per heavy atom. The summed E-state index contributed by atoms with van der Waals surface area (Å²) in [6, 6.07) is 1.31. The van der Waals surface area contributed by atoms with Gasteiger partial charge in [-0.05, 0) is 30.4 Å². The van der Waals surface area contributed by atoms with Gasteiger partial charge in [-0.2, -0.15) is 13.2 Å².